The number of fused-ring (bicyclic) bond motifs is 6. The predicted octanol–water partition coefficient (Wildman–Crippen LogP) is 6.00. The number of nitrogens with zero attached hydrogens (tertiary/aromatic N) is 1. The third-order valence-corrected chi connectivity index (χ3v) is 8.82. The number of hydrogen-bond donors (Lipinski definition) is 2. The smallest absolute Gasteiger partial charge is 0.410 e. The van der Waals surface area contributed by atoms with Crippen molar-refractivity contribution in [3.8, 4) is 22.3 Å². The van der Waals surface area contributed by atoms with E-state index >= 15 is 0 Å². The number of likely N-dealkylation sites (tertiary alicyclic amines) is 1. The molecule has 0 spiro atoms. The van der Waals surface area contributed by atoms with Crippen LogP contribution >= 0.6 is 0 Å². The second-order valence-corrected chi connectivity index (χ2v) is 11.2. The van der Waals surface area contributed by atoms with Gasteiger partial charge < -0.3 is 19.9 Å². The molecule has 2 aliphatic carbocycles. The molecule has 1 aliphatic heterocycles. The summed E-state index contributed by atoms with van der Waals surface area (Å²) in [6.45, 7) is 0.239. The van der Waals surface area contributed by atoms with Gasteiger partial charge in [0, 0.05) is 24.8 Å². The topological polar surface area (TPSA) is 105 Å². The highest BCUT2D eigenvalue weighted by atomic mass is 16.6. The summed E-state index contributed by atoms with van der Waals surface area (Å²) in [5, 5.41) is 12.6. The highest BCUT2D eigenvalue weighted by molar-refractivity contribution is 5.82. The molecule has 2 atom stereocenters. The molecule has 1 saturated heterocycles. The number of nitrogens with one attached hydrogen (secondary N) is 1. The fourth-order valence-electron chi connectivity index (χ4n) is 6.86. The van der Waals surface area contributed by atoms with E-state index in [1.54, 1.807) is 0 Å². The summed E-state index contributed by atoms with van der Waals surface area (Å²) < 4.78 is 11.4. The maximum atomic E-state index is 13.2. The summed E-state index contributed by atoms with van der Waals surface area (Å²) in [5.74, 6) is -1.38. The molecule has 43 heavy (non-hydrogen) atoms. The molecule has 1 unspecified atom stereocenters. The summed E-state index contributed by atoms with van der Waals surface area (Å²) in [5.41, 5.74) is 8.82. The molecular formula is C35H30N2O6. The van der Waals surface area contributed by atoms with Crippen LogP contribution in [0, 0.1) is 0 Å². The number of carboxylic acid groups (broad SMARTS) is 1. The van der Waals surface area contributed by atoms with E-state index in [9.17, 15) is 19.5 Å². The van der Waals surface area contributed by atoms with Gasteiger partial charge in [-0.2, -0.15) is 0 Å². The zero-order chi connectivity index (χ0) is 29.5. The van der Waals surface area contributed by atoms with Gasteiger partial charge in [0.2, 0.25) is 0 Å². The Morgan fingerprint density at radius 3 is 1.53 bits per heavy atom. The molecule has 3 aliphatic rings. The number of alkyl carbamates (subject to hydrolysis) is 1. The zero-order valence-corrected chi connectivity index (χ0v) is 23.3. The van der Waals surface area contributed by atoms with Gasteiger partial charge in [-0.15, -0.1) is 0 Å². The molecule has 0 aromatic heterocycles. The van der Waals surface area contributed by atoms with Crippen LogP contribution in [0.2, 0.25) is 0 Å². The minimum absolute atomic E-state index is 0.0117. The summed E-state index contributed by atoms with van der Waals surface area (Å²) in [6.07, 6.45) is -1.31. The Morgan fingerprint density at radius 1 is 0.674 bits per heavy atom. The fourth-order valence-corrected chi connectivity index (χ4v) is 6.86. The van der Waals surface area contributed by atoms with Crippen LogP contribution in [-0.4, -0.2) is 60.0 Å². The van der Waals surface area contributed by atoms with Crippen LogP contribution in [0.3, 0.4) is 0 Å². The summed E-state index contributed by atoms with van der Waals surface area (Å²) >= 11 is 0. The van der Waals surface area contributed by atoms with Crippen molar-refractivity contribution in [3.05, 3.63) is 119 Å². The molecule has 2 N–H and O–H groups in total. The monoisotopic (exact) mass is 574 g/mol. The van der Waals surface area contributed by atoms with Gasteiger partial charge in [-0.1, -0.05) is 97.1 Å². The SMILES string of the molecule is O=C(N[C@@H]1CC(C(=O)O)N(C(=O)OCC2c3ccccc3-c3ccccc32)C1)OCC1c2ccccc2-c2ccccc21. The molecule has 216 valence electrons. The number of carbonyl (C=O) groups is 3. The number of carbonyl (C=O) groups excluding carboxylic acids is 2. The molecule has 4 aromatic carbocycles. The van der Waals surface area contributed by atoms with Crippen molar-refractivity contribution < 1.29 is 29.0 Å². The van der Waals surface area contributed by atoms with Crippen LogP contribution in [0.4, 0.5) is 9.59 Å². The average molecular weight is 575 g/mol. The maximum Gasteiger partial charge on any atom is 0.410 e. The molecule has 7 rings (SSSR count). The van der Waals surface area contributed by atoms with Crippen LogP contribution < -0.4 is 5.32 Å². The standard InChI is InChI=1S/C35H30N2O6/c38-33(39)32-17-21(36-34(40)42-19-30-26-13-5-1-9-22(26)23-10-2-6-14-27(23)30)18-37(32)35(41)43-20-31-28-15-7-3-11-24(28)25-12-4-8-16-29(25)31/h1-16,21,30-32H,17-20H2,(H,36,40)(H,38,39)/t21-,32?/m1/s1. The lowest BCUT2D eigenvalue weighted by Crippen LogP contribution is -2.42. The Morgan fingerprint density at radius 2 is 1.09 bits per heavy atom. The van der Waals surface area contributed by atoms with Gasteiger partial charge in [0.05, 0.1) is 6.04 Å². The van der Waals surface area contributed by atoms with Gasteiger partial charge in [0.25, 0.3) is 0 Å². The Bertz CT molecular complexity index is 1640. The van der Waals surface area contributed by atoms with E-state index < -0.39 is 30.2 Å². The first kappa shape index (κ1) is 26.8. The second kappa shape index (κ2) is 10.9. The van der Waals surface area contributed by atoms with Crippen LogP contribution in [0.15, 0.2) is 97.1 Å². The first-order valence-electron chi connectivity index (χ1n) is 14.5. The van der Waals surface area contributed by atoms with Crippen molar-refractivity contribution in [2.75, 3.05) is 19.8 Å². The molecule has 8 heteroatoms. The van der Waals surface area contributed by atoms with Crippen molar-refractivity contribution in [2.45, 2.75) is 30.3 Å². The maximum absolute atomic E-state index is 13.2. The Kier molecular flexibility index (Phi) is 6.81. The van der Waals surface area contributed by atoms with E-state index in [-0.39, 0.29) is 38.0 Å². The Hall–Kier alpha value is -5.11. The van der Waals surface area contributed by atoms with Crippen molar-refractivity contribution in [2.24, 2.45) is 0 Å². The number of rotatable bonds is 6. The van der Waals surface area contributed by atoms with Gasteiger partial charge in [-0.3, -0.25) is 4.90 Å². The van der Waals surface area contributed by atoms with E-state index in [1.807, 2.05) is 72.8 Å². The molecule has 2 amide bonds. The summed E-state index contributed by atoms with van der Waals surface area (Å²) in [4.78, 5) is 39.3. The second-order valence-electron chi connectivity index (χ2n) is 11.2. The van der Waals surface area contributed by atoms with Crippen LogP contribution in [0.1, 0.15) is 40.5 Å². The van der Waals surface area contributed by atoms with Crippen LogP contribution in [-0.2, 0) is 14.3 Å². The number of benzene rings is 4. The number of hydrogen-bond acceptors (Lipinski definition) is 5. The van der Waals surface area contributed by atoms with Gasteiger partial charge in [0.15, 0.2) is 0 Å². The molecule has 0 bridgehead atoms. The first-order valence-corrected chi connectivity index (χ1v) is 14.5. The lowest BCUT2D eigenvalue weighted by molar-refractivity contribution is -0.141. The normalized spacial score (nSPS) is 18.4. The van der Waals surface area contributed by atoms with Crippen molar-refractivity contribution in [1.29, 1.82) is 0 Å². The van der Waals surface area contributed by atoms with E-state index in [0.717, 1.165) is 44.5 Å². The largest absolute Gasteiger partial charge is 0.480 e. The quantitative estimate of drug-likeness (QED) is 0.293. The average Bonchev–Trinajstić information content (AvgIpc) is 3.69. The van der Waals surface area contributed by atoms with E-state index in [4.69, 9.17) is 9.47 Å². The minimum Gasteiger partial charge on any atom is -0.480 e. The van der Waals surface area contributed by atoms with Gasteiger partial charge in [-0.25, -0.2) is 14.4 Å². The Balaban J connectivity index is 0.985. The number of carboxylic acids is 1. The van der Waals surface area contributed by atoms with E-state index in [1.165, 1.54) is 4.90 Å². The highest BCUT2D eigenvalue weighted by Crippen LogP contribution is 2.45. The number of ether oxygens (including phenoxy) is 2. The first-order chi connectivity index (χ1) is 21.0. The number of amides is 2. The third-order valence-electron chi connectivity index (χ3n) is 8.82. The van der Waals surface area contributed by atoms with Crippen LogP contribution in [0.5, 0.6) is 0 Å². The lowest BCUT2D eigenvalue weighted by Gasteiger charge is -2.22. The molecule has 1 fully saturated rings. The molecule has 1 heterocycles. The highest BCUT2D eigenvalue weighted by Gasteiger charge is 2.42. The Labute approximate surface area is 248 Å². The van der Waals surface area contributed by atoms with E-state index in [2.05, 4.69) is 29.6 Å². The minimum atomic E-state index is -1.15. The van der Waals surface area contributed by atoms with E-state index in [0.29, 0.717) is 0 Å². The molecule has 4 aromatic rings. The molecular weight excluding hydrogens is 544 g/mol. The number of aliphatic carboxylic acids is 1. The van der Waals surface area contributed by atoms with Gasteiger partial charge in [-0.05, 0) is 44.5 Å². The van der Waals surface area contributed by atoms with Crippen molar-refractivity contribution in [1.82, 2.24) is 10.2 Å². The summed E-state index contributed by atoms with van der Waals surface area (Å²) in [7, 11) is 0. The van der Waals surface area contributed by atoms with Gasteiger partial charge >= 0.3 is 18.2 Å². The molecule has 0 radical (unpaired) electrons. The molecule has 8 nitrogen and oxygen atoms in total. The molecule has 0 saturated carbocycles. The zero-order valence-electron chi connectivity index (χ0n) is 23.3. The lowest BCUT2D eigenvalue weighted by atomic mass is 9.98. The third kappa shape index (κ3) is 4.78. The van der Waals surface area contributed by atoms with Gasteiger partial charge in [0.1, 0.15) is 19.3 Å². The van der Waals surface area contributed by atoms with Crippen molar-refractivity contribution >= 4 is 18.2 Å². The van der Waals surface area contributed by atoms with Crippen molar-refractivity contribution in [3.63, 3.8) is 0 Å². The predicted molar refractivity (Wildman–Crippen MR) is 160 cm³/mol. The fraction of sp³-hybridized carbons (Fsp3) is 0.229. The summed E-state index contributed by atoms with van der Waals surface area (Å²) in [6, 6.07) is 30.5. The van der Waals surface area contributed by atoms with Crippen LogP contribution in [0.25, 0.3) is 22.3 Å².